The first-order valence-corrected chi connectivity index (χ1v) is 6.25. The molecule has 19 heavy (non-hydrogen) atoms. The molecule has 0 saturated heterocycles. The van der Waals surface area contributed by atoms with Gasteiger partial charge in [-0.25, -0.2) is 4.39 Å². The Morgan fingerprint density at radius 3 is 3.00 bits per heavy atom. The normalized spacial score (nSPS) is 12.6. The summed E-state index contributed by atoms with van der Waals surface area (Å²) in [5.74, 6) is -0.585. The van der Waals surface area contributed by atoms with Gasteiger partial charge < -0.3 is 14.8 Å². The highest BCUT2D eigenvalue weighted by Gasteiger charge is 2.12. The largest absolute Gasteiger partial charge is 0.451 e. The van der Waals surface area contributed by atoms with Crippen LogP contribution in [-0.4, -0.2) is 23.7 Å². The maximum Gasteiger partial charge on any atom is 0.287 e. The van der Waals surface area contributed by atoms with Crippen molar-refractivity contribution in [1.29, 1.82) is 0 Å². The zero-order valence-electron chi connectivity index (χ0n) is 10.6. The Morgan fingerprint density at radius 2 is 2.26 bits per heavy atom. The van der Waals surface area contributed by atoms with Crippen molar-refractivity contribution in [2.45, 2.75) is 25.9 Å². The van der Waals surface area contributed by atoms with Gasteiger partial charge in [-0.15, -0.1) is 0 Å². The molecule has 0 aliphatic heterocycles. The molecule has 1 amide bonds. The number of hydrogen-bond donors (Lipinski definition) is 2. The lowest BCUT2D eigenvalue weighted by Gasteiger charge is -2.07. The average Bonchev–Trinajstić information content (AvgIpc) is 2.81. The van der Waals surface area contributed by atoms with Gasteiger partial charge in [0.2, 0.25) is 0 Å². The number of carbonyl (C=O) groups is 1. The SMILES string of the molecule is CCC(O)CCNC(=O)c1cc2cc(F)ccc2o1. The van der Waals surface area contributed by atoms with Gasteiger partial charge in [-0.2, -0.15) is 0 Å². The van der Waals surface area contributed by atoms with Gasteiger partial charge in [0, 0.05) is 11.9 Å². The van der Waals surface area contributed by atoms with Crippen LogP contribution in [0.15, 0.2) is 28.7 Å². The van der Waals surface area contributed by atoms with Gasteiger partial charge >= 0.3 is 0 Å². The highest BCUT2D eigenvalue weighted by Crippen LogP contribution is 2.20. The minimum absolute atomic E-state index is 0.145. The van der Waals surface area contributed by atoms with Crippen molar-refractivity contribution in [3.05, 3.63) is 35.8 Å². The number of fused-ring (bicyclic) bond motifs is 1. The number of carbonyl (C=O) groups excluding carboxylic acids is 1. The molecule has 0 aliphatic rings. The average molecular weight is 265 g/mol. The molecule has 2 aromatic rings. The van der Waals surface area contributed by atoms with Gasteiger partial charge in [-0.1, -0.05) is 6.92 Å². The van der Waals surface area contributed by atoms with Crippen LogP contribution in [-0.2, 0) is 0 Å². The lowest BCUT2D eigenvalue weighted by molar-refractivity contribution is 0.0916. The lowest BCUT2D eigenvalue weighted by atomic mass is 10.2. The third-order valence-electron chi connectivity index (χ3n) is 2.94. The monoisotopic (exact) mass is 265 g/mol. The summed E-state index contributed by atoms with van der Waals surface area (Å²) in [4.78, 5) is 11.8. The molecule has 1 unspecified atom stereocenters. The van der Waals surface area contributed by atoms with Crippen molar-refractivity contribution < 1.29 is 18.7 Å². The number of rotatable bonds is 5. The molecule has 0 spiro atoms. The maximum atomic E-state index is 13.0. The third-order valence-corrected chi connectivity index (χ3v) is 2.94. The quantitative estimate of drug-likeness (QED) is 0.873. The summed E-state index contributed by atoms with van der Waals surface area (Å²) in [5, 5.41) is 12.6. The molecule has 5 heteroatoms. The van der Waals surface area contributed by atoms with E-state index >= 15 is 0 Å². The van der Waals surface area contributed by atoms with Gasteiger partial charge in [0.1, 0.15) is 11.4 Å². The van der Waals surface area contributed by atoms with E-state index in [0.29, 0.717) is 30.4 Å². The van der Waals surface area contributed by atoms with Crippen LogP contribution in [0.4, 0.5) is 4.39 Å². The summed E-state index contributed by atoms with van der Waals surface area (Å²) in [7, 11) is 0. The van der Waals surface area contributed by atoms with Crippen molar-refractivity contribution in [1.82, 2.24) is 5.32 Å². The third kappa shape index (κ3) is 3.32. The van der Waals surface area contributed by atoms with Crippen LogP contribution in [0.3, 0.4) is 0 Å². The van der Waals surface area contributed by atoms with Crippen molar-refractivity contribution in [3.63, 3.8) is 0 Å². The number of aliphatic hydroxyl groups is 1. The molecule has 0 radical (unpaired) electrons. The van der Waals surface area contributed by atoms with E-state index in [0.717, 1.165) is 0 Å². The molecule has 2 rings (SSSR count). The Kier molecular flexibility index (Phi) is 4.16. The molecule has 1 heterocycles. The molecule has 0 fully saturated rings. The smallest absolute Gasteiger partial charge is 0.287 e. The second-order valence-electron chi connectivity index (χ2n) is 4.40. The van der Waals surface area contributed by atoms with E-state index in [2.05, 4.69) is 5.32 Å². The fourth-order valence-corrected chi connectivity index (χ4v) is 1.77. The van der Waals surface area contributed by atoms with Gasteiger partial charge in [0.25, 0.3) is 5.91 Å². The fraction of sp³-hybridized carbons (Fsp3) is 0.357. The summed E-state index contributed by atoms with van der Waals surface area (Å²) in [6.45, 7) is 2.25. The van der Waals surface area contributed by atoms with E-state index in [4.69, 9.17) is 4.42 Å². The van der Waals surface area contributed by atoms with Crippen LogP contribution >= 0.6 is 0 Å². The molecule has 102 valence electrons. The second-order valence-corrected chi connectivity index (χ2v) is 4.40. The zero-order valence-corrected chi connectivity index (χ0v) is 10.6. The molecule has 2 N–H and O–H groups in total. The van der Waals surface area contributed by atoms with E-state index in [-0.39, 0.29) is 17.5 Å². The maximum absolute atomic E-state index is 13.0. The Morgan fingerprint density at radius 1 is 1.47 bits per heavy atom. The second kappa shape index (κ2) is 5.84. The topological polar surface area (TPSA) is 62.5 Å². The summed E-state index contributed by atoms with van der Waals surface area (Å²) in [6.07, 6.45) is 0.738. The minimum atomic E-state index is -0.412. The minimum Gasteiger partial charge on any atom is -0.451 e. The predicted octanol–water partition coefficient (Wildman–Crippen LogP) is 2.46. The van der Waals surface area contributed by atoms with Crippen LogP contribution in [0.2, 0.25) is 0 Å². The number of benzene rings is 1. The number of amides is 1. The molecule has 1 aromatic heterocycles. The Hall–Kier alpha value is -1.88. The van der Waals surface area contributed by atoms with Crippen molar-refractivity contribution >= 4 is 16.9 Å². The van der Waals surface area contributed by atoms with E-state index in [1.54, 1.807) is 0 Å². The molecular formula is C14H16FNO3. The van der Waals surface area contributed by atoms with Gasteiger partial charge in [-0.05, 0) is 37.1 Å². The first-order valence-electron chi connectivity index (χ1n) is 6.25. The number of furan rings is 1. The fourth-order valence-electron chi connectivity index (χ4n) is 1.77. The Bertz CT molecular complexity index is 579. The lowest BCUT2D eigenvalue weighted by Crippen LogP contribution is -2.26. The number of aliphatic hydroxyl groups excluding tert-OH is 1. The summed E-state index contributed by atoms with van der Waals surface area (Å²) in [5.41, 5.74) is 0.472. The van der Waals surface area contributed by atoms with Gasteiger partial charge in [0.05, 0.1) is 6.10 Å². The number of hydrogen-bond acceptors (Lipinski definition) is 3. The van der Waals surface area contributed by atoms with Crippen LogP contribution in [0, 0.1) is 5.82 Å². The summed E-state index contributed by atoms with van der Waals surface area (Å²) >= 11 is 0. The number of halogens is 1. The zero-order chi connectivity index (χ0) is 13.8. The predicted molar refractivity (Wildman–Crippen MR) is 69.4 cm³/mol. The molecule has 4 nitrogen and oxygen atoms in total. The van der Waals surface area contributed by atoms with E-state index in [1.807, 2.05) is 6.92 Å². The summed E-state index contributed by atoms with van der Waals surface area (Å²) < 4.78 is 18.3. The summed E-state index contributed by atoms with van der Waals surface area (Å²) in [6, 6.07) is 5.59. The molecule has 0 aliphatic carbocycles. The number of nitrogens with one attached hydrogen (secondary N) is 1. The van der Waals surface area contributed by atoms with Gasteiger partial charge in [0.15, 0.2) is 5.76 Å². The van der Waals surface area contributed by atoms with E-state index in [1.165, 1.54) is 24.3 Å². The van der Waals surface area contributed by atoms with Crippen LogP contribution in [0.1, 0.15) is 30.3 Å². The standard InChI is InChI=1S/C14H16FNO3/c1-2-11(17)5-6-16-14(18)13-8-9-7-10(15)3-4-12(9)19-13/h3-4,7-8,11,17H,2,5-6H2,1H3,(H,16,18). The van der Waals surface area contributed by atoms with E-state index < -0.39 is 6.10 Å². The van der Waals surface area contributed by atoms with Crippen LogP contribution in [0.5, 0.6) is 0 Å². The van der Waals surface area contributed by atoms with Crippen molar-refractivity contribution in [2.24, 2.45) is 0 Å². The highest BCUT2D eigenvalue weighted by molar-refractivity contribution is 5.96. The first-order chi connectivity index (χ1) is 9.10. The van der Waals surface area contributed by atoms with Crippen LogP contribution < -0.4 is 5.32 Å². The Balaban J connectivity index is 2.01. The molecule has 1 atom stereocenters. The first kappa shape index (κ1) is 13.5. The van der Waals surface area contributed by atoms with Crippen LogP contribution in [0.25, 0.3) is 11.0 Å². The van der Waals surface area contributed by atoms with Crippen molar-refractivity contribution in [2.75, 3.05) is 6.54 Å². The van der Waals surface area contributed by atoms with Crippen molar-refractivity contribution in [3.8, 4) is 0 Å². The molecular weight excluding hydrogens is 249 g/mol. The molecule has 0 bridgehead atoms. The Labute approximate surface area is 110 Å². The van der Waals surface area contributed by atoms with E-state index in [9.17, 15) is 14.3 Å². The van der Waals surface area contributed by atoms with Gasteiger partial charge in [-0.3, -0.25) is 4.79 Å². The molecule has 0 saturated carbocycles. The highest BCUT2D eigenvalue weighted by atomic mass is 19.1. The molecule has 1 aromatic carbocycles.